The molecule has 1 unspecified atom stereocenters. The zero-order valence-corrected chi connectivity index (χ0v) is 16.6. The lowest BCUT2D eigenvalue weighted by Gasteiger charge is -2.33. The average Bonchev–Trinajstić information content (AvgIpc) is 3.35. The van der Waals surface area contributed by atoms with Gasteiger partial charge in [-0.25, -0.2) is 0 Å². The van der Waals surface area contributed by atoms with Crippen LogP contribution in [-0.2, 0) is 11.3 Å². The summed E-state index contributed by atoms with van der Waals surface area (Å²) >= 11 is 0. The molecule has 0 radical (unpaired) electrons. The first-order chi connectivity index (χ1) is 13.7. The van der Waals surface area contributed by atoms with Crippen molar-refractivity contribution in [2.24, 2.45) is 0 Å². The third-order valence-electron chi connectivity index (χ3n) is 5.25. The number of aryl methyl sites for hydroxylation is 2. The zero-order chi connectivity index (χ0) is 19.3. The van der Waals surface area contributed by atoms with Gasteiger partial charge in [0.05, 0.1) is 31.1 Å². The Kier molecular flexibility index (Phi) is 5.90. The summed E-state index contributed by atoms with van der Waals surface area (Å²) in [6.07, 6.45) is 1.91. The Labute approximate surface area is 165 Å². The summed E-state index contributed by atoms with van der Waals surface area (Å²) in [7, 11) is 0. The summed E-state index contributed by atoms with van der Waals surface area (Å²) in [6, 6.07) is 12.8. The molecule has 28 heavy (non-hydrogen) atoms. The number of aromatic amines is 1. The third kappa shape index (κ3) is 4.35. The molecule has 0 saturated carbocycles. The Morgan fingerprint density at radius 2 is 2.04 bits per heavy atom. The molecule has 6 nitrogen and oxygen atoms in total. The van der Waals surface area contributed by atoms with E-state index in [0.717, 1.165) is 56.6 Å². The van der Waals surface area contributed by atoms with Crippen molar-refractivity contribution in [3.63, 3.8) is 0 Å². The van der Waals surface area contributed by atoms with Crippen molar-refractivity contribution in [3.8, 4) is 11.3 Å². The van der Waals surface area contributed by atoms with Gasteiger partial charge in [-0.15, -0.1) is 0 Å². The first kappa shape index (κ1) is 18.9. The van der Waals surface area contributed by atoms with Gasteiger partial charge in [0.2, 0.25) is 0 Å². The van der Waals surface area contributed by atoms with Crippen molar-refractivity contribution in [2.75, 3.05) is 32.8 Å². The number of nitrogens with one attached hydrogen (secondary N) is 2. The van der Waals surface area contributed by atoms with Crippen LogP contribution >= 0.6 is 0 Å². The zero-order valence-electron chi connectivity index (χ0n) is 16.6. The van der Waals surface area contributed by atoms with Gasteiger partial charge in [-0.3, -0.25) is 10.00 Å². The van der Waals surface area contributed by atoms with Gasteiger partial charge in [0, 0.05) is 37.3 Å². The standard InChI is InChI=1S/C22H28N4O2/c1-16-4-3-5-18(12-16)22-19(14-24-25-22)13-23-15-20(21-7-6-17(2)28-21)26-8-10-27-11-9-26/h3-7,12,14,20,23H,8-11,13,15H2,1-2H3,(H,24,25). The molecule has 1 aromatic carbocycles. The van der Waals surface area contributed by atoms with E-state index in [9.17, 15) is 0 Å². The van der Waals surface area contributed by atoms with Crippen LogP contribution < -0.4 is 5.32 Å². The maximum atomic E-state index is 5.95. The largest absolute Gasteiger partial charge is 0.465 e. The number of furan rings is 1. The SMILES string of the molecule is Cc1cccc(-c2[nH]ncc2CNCC(c2ccc(C)o2)N2CCOCC2)c1. The Morgan fingerprint density at radius 3 is 2.79 bits per heavy atom. The van der Waals surface area contributed by atoms with Crippen LogP contribution in [0.25, 0.3) is 11.3 Å². The molecule has 0 spiro atoms. The molecule has 1 saturated heterocycles. The first-order valence-corrected chi connectivity index (χ1v) is 9.89. The monoisotopic (exact) mass is 380 g/mol. The summed E-state index contributed by atoms with van der Waals surface area (Å²) in [5.74, 6) is 1.96. The minimum absolute atomic E-state index is 0.201. The van der Waals surface area contributed by atoms with Crippen LogP contribution in [0, 0.1) is 13.8 Å². The maximum absolute atomic E-state index is 5.95. The lowest BCUT2D eigenvalue weighted by atomic mass is 10.1. The molecule has 0 aliphatic carbocycles. The summed E-state index contributed by atoms with van der Waals surface area (Å²) in [5, 5.41) is 11.0. The molecular formula is C22H28N4O2. The Morgan fingerprint density at radius 1 is 1.18 bits per heavy atom. The third-order valence-corrected chi connectivity index (χ3v) is 5.25. The fraction of sp³-hybridized carbons (Fsp3) is 0.409. The van der Waals surface area contributed by atoms with Crippen LogP contribution in [0.4, 0.5) is 0 Å². The minimum Gasteiger partial charge on any atom is -0.465 e. The van der Waals surface area contributed by atoms with E-state index < -0.39 is 0 Å². The highest BCUT2D eigenvalue weighted by atomic mass is 16.5. The highest BCUT2D eigenvalue weighted by Gasteiger charge is 2.25. The van der Waals surface area contributed by atoms with Crippen LogP contribution in [0.1, 0.15) is 28.7 Å². The topological polar surface area (TPSA) is 66.3 Å². The van der Waals surface area contributed by atoms with Gasteiger partial charge in [0.25, 0.3) is 0 Å². The summed E-state index contributed by atoms with van der Waals surface area (Å²) in [5.41, 5.74) is 4.65. The fourth-order valence-electron chi connectivity index (χ4n) is 3.77. The molecule has 3 heterocycles. The highest BCUT2D eigenvalue weighted by Crippen LogP contribution is 2.25. The van der Waals surface area contributed by atoms with Crippen molar-refractivity contribution < 1.29 is 9.15 Å². The van der Waals surface area contributed by atoms with Crippen molar-refractivity contribution in [2.45, 2.75) is 26.4 Å². The Bertz CT molecular complexity index is 895. The number of aromatic nitrogens is 2. The van der Waals surface area contributed by atoms with Gasteiger partial charge in [-0.2, -0.15) is 5.10 Å². The molecule has 148 valence electrons. The first-order valence-electron chi connectivity index (χ1n) is 9.89. The second kappa shape index (κ2) is 8.73. The number of hydrogen-bond acceptors (Lipinski definition) is 5. The van der Waals surface area contributed by atoms with Gasteiger partial charge < -0.3 is 14.5 Å². The Hall–Kier alpha value is -2.41. The molecule has 2 aromatic heterocycles. The number of morpholine rings is 1. The van der Waals surface area contributed by atoms with E-state index in [-0.39, 0.29) is 6.04 Å². The number of ether oxygens (including phenoxy) is 1. The molecule has 0 bridgehead atoms. The van der Waals surface area contributed by atoms with Gasteiger partial charge in [0.15, 0.2) is 0 Å². The van der Waals surface area contributed by atoms with Crippen LogP contribution in [0.5, 0.6) is 0 Å². The van der Waals surface area contributed by atoms with Crippen molar-refractivity contribution in [1.82, 2.24) is 20.4 Å². The van der Waals surface area contributed by atoms with E-state index in [4.69, 9.17) is 9.15 Å². The van der Waals surface area contributed by atoms with Gasteiger partial charge in [-0.05, 0) is 32.0 Å². The lowest BCUT2D eigenvalue weighted by Crippen LogP contribution is -2.42. The molecular weight excluding hydrogens is 352 g/mol. The number of hydrogen-bond donors (Lipinski definition) is 2. The maximum Gasteiger partial charge on any atom is 0.122 e. The van der Waals surface area contributed by atoms with Crippen LogP contribution in [0.2, 0.25) is 0 Å². The van der Waals surface area contributed by atoms with Crippen LogP contribution in [-0.4, -0.2) is 47.9 Å². The van der Waals surface area contributed by atoms with Crippen LogP contribution in [0.3, 0.4) is 0 Å². The Balaban J connectivity index is 1.45. The van der Waals surface area contributed by atoms with E-state index in [1.54, 1.807) is 0 Å². The predicted octanol–water partition coefficient (Wildman–Crippen LogP) is 3.45. The molecule has 4 rings (SSSR count). The number of H-pyrrole nitrogens is 1. The number of rotatable bonds is 7. The lowest BCUT2D eigenvalue weighted by molar-refractivity contribution is 0.0115. The van der Waals surface area contributed by atoms with Gasteiger partial charge in [-0.1, -0.05) is 23.8 Å². The minimum atomic E-state index is 0.201. The molecule has 1 fully saturated rings. The van der Waals surface area contributed by atoms with Crippen molar-refractivity contribution >= 4 is 0 Å². The molecule has 1 aliphatic heterocycles. The van der Waals surface area contributed by atoms with Gasteiger partial charge in [0.1, 0.15) is 11.5 Å². The second-order valence-electron chi connectivity index (χ2n) is 7.38. The van der Waals surface area contributed by atoms with E-state index in [0.29, 0.717) is 0 Å². The second-order valence-corrected chi connectivity index (χ2v) is 7.38. The summed E-state index contributed by atoms with van der Waals surface area (Å²) in [6.45, 7) is 9.05. The molecule has 0 amide bonds. The molecule has 1 aliphatic rings. The summed E-state index contributed by atoms with van der Waals surface area (Å²) in [4.78, 5) is 2.44. The average molecular weight is 380 g/mol. The molecule has 1 atom stereocenters. The molecule has 6 heteroatoms. The van der Waals surface area contributed by atoms with Crippen LogP contribution in [0.15, 0.2) is 47.0 Å². The van der Waals surface area contributed by atoms with Crippen molar-refractivity contribution in [1.29, 1.82) is 0 Å². The van der Waals surface area contributed by atoms with E-state index in [2.05, 4.69) is 57.7 Å². The smallest absolute Gasteiger partial charge is 0.122 e. The molecule has 3 aromatic rings. The summed E-state index contributed by atoms with van der Waals surface area (Å²) < 4.78 is 11.5. The van der Waals surface area contributed by atoms with Gasteiger partial charge >= 0.3 is 0 Å². The molecule has 2 N–H and O–H groups in total. The number of benzene rings is 1. The predicted molar refractivity (Wildman–Crippen MR) is 109 cm³/mol. The van der Waals surface area contributed by atoms with E-state index in [1.807, 2.05) is 19.2 Å². The number of nitrogens with zero attached hydrogens (tertiary/aromatic N) is 2. The normalized spacial score (nSPS) is 16.4. The highest BCUT2D eigenvalue weighted by molar-refractivity contribution is 5.63. The van der Waals surface area contributed by atoms with E-state index >= 15 is 0 Å². The van der Waals surface area contributed by atoms with Crippen molar-refractivity contribution in [3.05, 3.63) is 65.2 Å². The fourth-order valence-corrected chi connectivity index (χ4v) is 3.77. The quantitative estimate of drug-likeness (QED) is 0.657. The van der Waals surface area contributed by atoms with E-state index in [1.165, 1.54) is 16.7 Å².